The molecule has 0 radical (unpaired) electrons. The van der Waals surface area contributed by atoms with Gasteiger partial charge in [0.2, 0.25) is 0 Å². The minimum Gasteiger partial charge on any atom is -0.481 e. The number of aliphatic carboxylic acids is 1. The Balaban J connectivity index is 2.36. The summed E-state index contributed by atoms with van der Waals surface area (Å²) in [5.41, 5.74) is 7.21. The predicted octanol–water partition coefficient (Wildman–Crippen LogP) is 3.65. The second kappa shape index (κ2) is 5.80. The number of carboxylic acids is 1. The summed E-state index contributed by atoms with van der Waals surface area (Å²) in [5.74, 6) is 0.124. The van der Waals surface area contributed by atoms with E-state index >= 15 is 0 Å². The van der Waals surface area contributed by atoms with E-state index in [1.54, 1.807) is 0 Å². The number of carbonyl (C=O) groups is 1. The van der Waals surface area contributed by atoms with Crippen molar-refractivity contribution in [2.45, 2.75) is 46.0 Å². The second-order valence-corrected chi connectivity index (χ2v) is 7.67. The highest BCUT2D eigenvalue weighted by molar-refractivity contribution is 5.68. The van der Waals surface area contributed by atoms with Crippen molar-refractivity contribution in [1.82, 2.24) is 0 Å². The van der Waals surface area contributed by atoms with E-state index in [-0.39, 0.29) is 17.3 Å². The molecule has 3 heteroatoms. The first-order valence-corrected chi connectivity index (χ1v) is 7.74. The molecule has 1 fully saturated rings. The number of carboxylic acid groups (broad SMARTS) is 1. The molecule has 1 aromatic rings. The molecular weight excluding hydrogens is 262 g/mol. The third-order valence-electron chi connectivity index (χ3n) is 5.09. The Bertz CT molecular complexity index is 492. The quantitative estimate of drug-likeness (QED) is 0.889. The molecule has 0 amide bonds. The minimum atomic E-state index is -0.734. The predicted molar refractivity (Wildman–Crippen MR) is 85.1 cm³/mol. The van der Waals surface area contributed by atoms with E-state index in [0.717, 1.165) is 12.8 Å². The number of hydrogen-bond acceptors (Lipinski definition) is 2. The topological polar surface area (TPSA) is 63.3 Å². The van der Waals surface area contributed by atoms with Crippen LogP contribution in [0.4, 0.5) is 0 Å². The van der Waals surface area contributed by atoms with Gasteiger partial charge in [-0.3, -0.25) is 4.79 Å². The van der Waals surface area contributed by atoms with Crippen LogP contribution in [0.15, 0.2) is 30.3 Å². The SMILES string of the molecule is CC(C)(C)[C@@H]1C[C@](CN)(CC(=O)O)C[C@H]1c1ccccc1. The second-order valence-electron chi connectivity index (χ2n) is 7.67. The molecule has 0 aromatic heterocycles. The zero-order chi connectivity index (χ0) is 15.7. The van der Waals surface area contributed by atoms with Crippen molar-refractivity contribution in [2.24, 2.45) is 22.5 Å². The highest BCUT2D eigenvalue weighted by atomic mass is 16.4. The fraction of sp³-hybridized carbons (Fsp3) is 0.611. The molecule has 1 saturated carbocycles. The number of hydrogen-bond donors (Lipinski definition) is 2. The smallest absolute Gasteiger partial charge is 0.303 e. The molecule has 3 atom stereocenters. The average Bonchev–Trinajstić information content (AvgIpc) is 2.79. The number of benzene rings is 1. The molecule has 1 aliphatic rings. The molecule has 116 valence electrons. The largest absolute Gasteiger partial charge is 0.481 e. The Kier molecular flexibility index (Phi) is 4.43. The average molecular weight is 289 g/mol. The van der Waals surface area contributed by atoms with Crippen molar-refractivity contribution in [3.8, 4) is 0 Å². The van der Waals surface area contributed by atoms with E-state index in [0.29, 0.717) is 18.4 Å². The van der Waals surface area contributed by atoms with Crippen LogP contribution in [0.2, 0.25) is 0 Å². The Morgan fingerprint density at radius 3 is 2.38 bits per heavy atom. The van der Waals surface area contributed by atoms with E-state index in [1.165, 1.54) is 5.56 Å². The summed E-state index contributed by atoms with van der Waals surface area (Å²) in [6, 6.07) is 10.5. The van der Waals surface area contributed by atoms with E-state index in [9.17, 15) is 9.90 Å². The normalized spacial score (nSPS) is 29.5. The van der Waals surface area contributed by atoms with Gasteiger partial charge in [0.1, 0.15) is 0 Å². The molecule has 1 aromatic carbocycles. The van der Waals surface area contributed by atoms with Gasteiger partial charge >= 0.3 is 5.97 Å². The number of rotatable bonds is 4. The molecule has 3 nitrogen and oxygen atoms in total. The Hall–Kier alpha value is -1.35. The Morgan fingerprint density at radius 2 is 1.90 bits per heavy atom. The summed E-state index contributed by atoms with van der Waals surface area (Å²) in [4.78, 5) is 11.3. The van der Waals surface area contributed by atoms with Gasteiger partial charge in [-0.25, -0.2) is 0 Å². The lowest BCUT2D eigenvalue weighted by atomic mass is 9.72. The van der Waals surface area contributed by atoms with Crippen LogP contribution in [0, 0.1) is 16.7 Å². The molecule has 2 rings (SSSR count). The van der Waals surface area contributed by atoms with Gasteiger partial charge in [-0.2, -0.15) is 0 Å². The maximum Gasteiger partial charge on any atom is 0.303 e. The fourth-order valence-electron chi connectivity index (χ4n) is 3.96. The van der Waals surface area contributed by atoms with Gasteiger partial charge in [0.05, 0.1) is 6.42 Å². The van der Waals surface area contributed by atoms with Crippen molar-refractivity contribution in [3.63, 3.8) is 0 Å². The summed E-state index contributed by atoms with van der Waals surface area (Å²) in [6.07, 6.45) is 1.96. The van der Waals surface area contributed by atoms with Crippen LogP contribution in [0.5, 0.6) is 0 Å². The monoisotopic (exact) mass is 289 g/mol. The van der Waals surface area contributed by atoms with Gasteiger partial charge in [-0.05, 0) is 47.6 Å². The van der Waals surface area contributed by atoms with E-state index in [1.807, 2.05) is 6.07 Å². The van der Waals surface area contributed by atoms with Crippen LogP contribution in [-0.4, -0.2) is 17.6 Å². The zero-order valence-electron chi connectivity index (χ0n) is 13.3. The summed E-state index contributed by atoms with van der Waals surface area (Å²) in [6.45, 7) is 7.21. The maximum absolute atomic E-state index is 11.3. The third-order valence-corrected chi connectivity index (χ3v) is 5.09. The Labute approximate surface area is 127 Å². The molecule has 0 saturated heterocycles. The lowest BCUT2D eigenvalue weighted by Gasteiger charge is -2.33. The molecule has 3 N–H and O–H groups in total. The van der Waals surface area contributed by atoms with Crippen molar-refractivity contribution >= 4 is 5.97 Å². The van der Waals surface area contributed by atoms with Crippen LogP contribution in [-0.2, 0) is 4.79 Å². The first-order valence-electron chi connectivity index (χ1n) is 7.74. The van der Waals surface area contributed by atoms with E-state index in [2.05, 4.69) is 45.0 Å². The van der Waals surface area contributed by atoms with Crippen molar-refractivity contribution in [2.75, 3.05) is 6.54 Å². The molecule has 0 unspecified atom stereocenters. The van der Waals surface area contributed by atoms with Crippen LogP contribution in [0.25, 0.3) is 0 Å². The van der Waals surface area contributed by atoms with E-state index in [4.69, 9.17) is 5.73 Å². The number of nitrogens with two attached hydrogens (primary N) is 1. The lowest BCUT2D eigenvalue weighted by molar-refractivity contribution is -0.139. The summed E-state index contributed by atoms with van der Waals surface area (Å²) < 4.78 is 0. The molecule has 0 bridgehead atoms. The van der Waals surface area contributed by atoms with Crippen LogP contribution in [0.1, 0.15) is 51.5 Å². The van der Waals surface area contributed by atoms with Gasteiger partial charge in [-0.1, -0.05) is 51.1 Å². The lowest BCUT2D eigenvalue weighted by Crippen LogP contribution is -2.31. The Morgan fingerprint density at radius 1 is 1.29 bits per heavy atom. The molecule has 0 spiro atoms. The van der Waals surface area contributed by atoms with Crippen molar-refractivity contribution < 1.29 is 9.90 Å². The first kappa shape index (κ1) is 16.0. The molecular formula is C18H27NO2. The molecule has 0 heterocycles. The standard InChI is InChI=1S/C18H27NO2/c1-17(2,3)15-10-18(12-19,11-16(20)21)9-14(15)13-7-5-4-6-8-13/h4-8,14-15H,9-12,19H2,1-3H3,(H,20,21)/t14-,15+,18-/m0/s1. The van der Waals surface area contributed by atoms with Gasteiger partial charge in [0, 0.05) is 0 Å². The van der Waals surface area contributed by atoms with Gasteiger partial charge in [-0.15, -0.1) is 0 Å². The van der Waals surface area contributed by atoms with Crippen LogP contribution >= 0.6 is 0 Å². The fourth-order valence-corrected chi connectivity index (χ4v) is 3.96. The first-order chi connectivity index (χ1) is 9.77. The van der Waals surface area contributed by atoms with Crippen LogP contribution in [0.3, 0.4) is 0 Å². The van der Waals surface area contributed by atoms with Gasteiger partial charge in [0.25, 0.3) is 0 Å². The van der Waals surface area contributed by atoms with Crippen molar-refractivity contribution in [3.05, 3.63) is 35.9 Å². The van der Waals surface area contributed by atoms with Gasteiger partial charge in [0.15, 0.2) is 0 Å². The van der Waals surface area contributed by atoms with Gasteiger partial charge < -0.3 is 10.8 Å². The molecule has 0 aliphatic heterocycles. The van der Waals surface area contributed by atoms with Crippen molar-refractivity contribution in [1.29, 1.82) is 0 Å². The minimum absolute atomic E-state index is 0.149. The summed E-state index contributed by atoms with van der Waals surface area (Å²) in [7, 11) is 0. The van der Waals surface area contributed by atoms with E-state index < -0.39 is 5.97 Å². The summed E-state index contributed by atoms with van der Waals surface area (Å²) in [5, 5.41) is 9.26. The molecule has 1 aliphatic carbocycles. The molecule has 21 heavy (non-hydrogen) atoms. The van der Waals surface area contributed by atoms with Crippen LogP contribution < -0.4 is 5.73 Å². The highest BCUT2D eigenvalue weighted by Crippen LogP contribution is 2.57. The third kappa shape index (κ3) is 3.46. The summed E-state index contributed by atoms with van der Waals surface area (Å²) >= 11 is 0. The maximum atomic E-state index is 11.3. The highest BCUT2D eigenvalue weighted by Gasteiger charge is 2.49. The zero-order valence-corrected chi connectivity index (χ0v) is 13.3.